The third-order valence-electron chi connectivity index (χ3n) is 3.02. The van der Waals surface area contributed by atoms with Crippen LogP contribution in [0.3, 0.4) is 0 Å². The van der Waals surface area contributed by atoms with Crippen molar-refractivity contribution in [2.75, 3.05) is 11.9 Å². The lowest BCUT2D eigenvalue weighted by atomic mass is 10.2. The topological polar surface area (TPSA) is 47.0 Å². The third kappa shape index (κ3) is 2.97. The number of hydrogen-bond acceptors (Lipinski definition) is 5. The van der Waals surface area contributed by atoms with E-state index in [9.17, 15) is 0 Å². The Morgan fingerprint density at radius 2 is 2.05 bits per heavy atom. The lowest BCUT2D eigenvalue weighted by Gasteiger charge is -2.08. The van der Waals surface area contributed by atoms with Crippen molar-refractivity contribution >= 4 is 27.5 Å². The van der Waals surface area contributed by atoms with Crippen LogP contribution in [0, 0.1) is 13.8 Å². The molecular formula is C16H17N3OS. The maximum Gasteiger partial charge on any atom is 0.232 e. The number of fused-ring (bicyclic) bond motifs is 1. The third-order valence-corrected chi connectivity index (χ3v) is 3.96. The van der Waals surface area contributed by atoms with E-state index in [0.717, 1.165) is 28.1 Å². The van der Waals surface area contributed by atoms with Gasteiger partial charge in [0.25, 0.3) is 0 Å². The zero-order valence-electron chi connectivity index (χ0n) is 12.3. The maximum absolute atomic E-state index is 5.99. The largest absolute Gasteiger partial charge is 0.438 e. The summed E-state index contributed by atoms with van der Waals surface area (Å²) in [5.74, 6) is 2.00. The summed E-state index contributed by atoms with van der Waals surface area (Å²) in [5.41, 5.74) is 1.16. The molecule has 3 rings (SSSR count). The van der Waals surface area contributed by atoms with E-state index in [0.29, 0.717) is 11.8 Å². The zero-order valence-corrected chi connectivity index (χ0v) is 13.1. The van der Waals surface area contributed by atoms with Gasteiger partial charge in [0.2, 0.25) is 11.8 Å². The van der Waals surface area contributed by atoms with Crippen molar-refractivity contribution in [1.82, 2.24) is 9.97 Å². The molecule has 2 heterocycles. The van der Waals surface area contributed by atoms with Gasteiger partial charge in [-0.2, -0.15) is 4.98 Å². The molecule has 0 saturated carbocycles. The maximum atomic E-state index is 5.99. The van der Waals surface area contributed by atoms with Gasteiger partial charge in [0.05, 0.1) is 5.39 Å². The van der Waals surface area contributed by atoms with Crippen LogP contribution in [-0.2, 0) is 0 Å². The standard InChI is InChI=1S/C16H17N3OS/c1-4-17-16-18-14(13-9-11(3)21-15(13)19-16)20-12-7-5-6-10(2)8-12/h5-9H,4H2,1-3H3,(H,17,18,19). The molecule has 0 aliphatic carbocycles. The lowest BCUT2D eigenvalue weighted by molar-refractivity contribution is 0.469. The quantitative estimate of drug-likeness (QED) is 0.768. The van der Waals surface area contributed by atoms with E-state index in [1.165, 1.54) is 4.88 Å². The van der Waals surface area contributed by atoms with Crippen molar-refractivity contribution in [3.05, 3.63) is 40.8 Å². The number of anilines is 1. The summed E-state index contributed by atoms with van der Waals surface area (Å²) in [6, 6.07) is 10.0. The summed E-state index contributed by atoms with van der Waals surface area (Å²) in [6.07, 6.45) is 0. The number of nitrogens with zero attached hydrogens (tertiary/aromatic N) is 2. The molecule has 0 bridgehead atoms. The van der Waals surface area contributed by atoms with E-state index in [2.05, 4.69) is 28.3 Å². The predicted octanol–water partition coefficient (Wildman–Crippen LogP) is 4.53. The van der Waals surface area contributed by atoms with Crippen molar-refractivity contribution in [3.63, 3.8) is 0 Å². The first-order valence-electron chi connectivity index (χ1n) is 6.92. The summed E-state index contributed by atoms with van der Waals surface area (Å²) < 4.78 is 5.99. The van der Waals surface area contributed by atoms with Crippen LogP contribution in [0.1, 0.15) is 17.4 Å². The van der Waals surface area contributed by atoms with Gasteiger partial charge < -0.3 is 10.1 Å². The number of nitrogens with one attached hydrogen (secondary N) is 1. The van der Waals surface area contributed by atoms with Crippen LogP contribution in [-0.4, -0.2) is 16.5 Å². The fourth-order valence-corrected chi connectivity index (χ4v) is 2.99. The van der Waals surface area contributed by atoms with Gasteiger partial charge in [-0.3, -0.25) is 0 Å². The molecule has 0 aliphatic heterocycles. The first-order chi connectivity index (χ1) is 10.2. The first kappa shape index (κ1) is 13.8. The van der Waals surface area contributed by atoms with Crippen molar-refractivity contribution in [1.29, 1.82) is 0 Å². The van der Waals surface area contributed by atoms with Gasteiger partial charge in [-0.15, -0.1) is 11.3 Å². The highest BCUT2D eigenvalue weighted by atomic mass is 32.1. The number of aromatic nitrogens is 2. The molecule has 4 nitrogen and oxygen atoms in total. The second kappa shape index (κ2) is 5.69. The van der Waals surface area contributed by atoms with Crippen molar-refractivity contribution in [2.45, 2.75) is 20.8 Å². The second-order valence-corrected chi connectivity index (χ2v) is 6.11. The summed E-state index contributed by atoms with van der Waals surface area (Å²) in [7, 11) is 0. The molecule has 0 saturated heterocycles. The Morgan fingerprint density at radius 1 is 1.19 bits per heavy atom. The highest BCUT2D eigenvalue weighted by molar-refractivity contribution is 7.18. The van der Waals surface area contributed by atoms with Gasteiger partial charge in [0, 0.05) is 11.4 Å². The summed E-state index contributed by atoms with van der Waals surface area (Å²) in [5, 5.41) is 4.11. The monoisotopic (exact) mass is 299 g/mol. The Hall–Kier alpha value is -2.14. The molecule has 1 N–H and O–H groups in total. The first-order valence-corrected chi connectivity index (χ1v) is 7.74. The van der Waals surface area contributed by atoms with Crippen LogP contribution < -0.4 is 10.1 Å². The van der Waals surface area contributed by atoms with E-state index in [1.807, 2.05) is 38.1 Å². The Balaban J connectivity index is 2.06. The number of benzene rings is 1. The van der Waals surface area contributed by atoms with Gasteiger partial charge in [0.15, 0.2) is 0 Å². The van der Waals surface area contributed by atoms with E-state index >= 15 is 0 Å². The smallest absolute Gasteiger partial charge is 0.232 e. The Kier molecular flexibility index (Phi) is 3.75. The summed E-state index contributed by atoms with van der Waals surface area (Å²) in [4.78, 5) is 11.2. The molecule has 5 heteroatoms. The summed E-state index contributed by atoms with van der Waals surface area (Å²) >= 11 is 1.65. The molecule has 0 unspecified atom stereocenters. The highest BCUT2D eigenvalue weighted by Gasteiger charge is 2.12. The van der Waals surface area contributed by atoms with E-state index in [1.54, 1.807) is 11.3 Å². The highest BCUT2D eigenvalue weighted by Crippen LogP contribution is 2.33. The summed E-state index contributed by atoms with van der Waals surface area (Å²) in [6.45, 7) is 6.91. The normalized spacial score (nSPS) is 10.8. The molecule has 2 aromatic heterocycles. The van der Waals surface area contributed by atoms with Gasteiger partial charge in [-0.25, -0.2) is 4.98 Å². The van der Waals surface area contributed by atoms with E-state index in [-0.39, 0.29) is 0 Å². The van der Waals surface area contributed by atoms with Crippen molar-refractivity contribution in [3.8, 4) is 11.6 Å². The number of hydrogen-bond donors (Lipinski definition) is 1. The van der Waals surface area contributed by atoms with Crippen LogP contribution in [0.2, 0.25) is 0 Å². The van der Waals surface area contributed by atoms with Gasteiger partial charge >= 0.3 is 0 Å². The number of thiophene rings is 1. The SMILES string of the molecule is CCNc1nc(Oc2cccc(C)c2)c2cc(C)sc2n1. The zero-order chi connectivity index (χ0) is 14.8. The van der Waals surface area contributed by atoms with Crippen molar-refractivity contribution < 1.29 is 4.74 Å². The minimum absolute atomic E-state index is 0.603. The Labute approximate surface area is 127 Å². The molecule has 0 aliphatic rings. The van der Waals surface area contributed by atoms with E-state index in [4.69, 9.17) is 4.74 Å². The van der Waals surface area contributed by atoms with Gasteiger partial charge in [-0.05, 0) is 44.5 Å². The van der Waals surface area contributed by atoms with Crippen molar-refractivity contribution in [2.24, 2.45) is 0 Å². The number of ether oxygens (including phenoxy) is 1. The van der Waals surface area contributed by atoms with Crippen LogP contribution in [0.25, 0.3) is 10.2 Å². The minimum Gasteiger partial charge on any atom is -0.438 e. The van der Waals surface area contributed by atoms with Crippen LogP contribution in [0.15, 0.2) is 30.3 Å². The fraction of sp³-hybridized carbons (Fsp3) is 0.250. The Bertz CT molecular complexity index is 782. The molecule has 3 aromatic rings. The second-order valence-electron chi connectivity index (χ2n) is 4.88. The van der Waals surface area contributed by atoms with Gasteiger partial charge in [-0.1, -0.05) is 12.1 Å². The van der Waals surface area contributed by atoms with Crippen LogP contribution in [0.5, 0.6) is 11.6 Å². The molecule has 0 radical (unpaired) electrons. The average molecular weight is 299 g/mol. The molecule has 0 amide bonds. The van der Waals surface area contributed by atoms with Gasteiger partial charge in [0.1, 0.15) is 10.6 Å². The average Bonchev–Trinajstić information content (AvgIpc) is 2.80. The van der Waals surface area contributed by atoms with Crippen LogP contribution >= 0.6 is 11.3 Å². The molecule has 108 valence electrons. The molecule has 0 atom stereocenters. The number of aryl methyl sites for hydroxylation is 2. The molecule has 21 heavy (non-hydrogen) atoms. The molecular weight excluding hydrogens is 282 g/mol. The Morgan fingerprint density at radius 3 is 2.81 bits per heavy atom. The molecule has 0 fully saturated rings. The minimum atomic E-state index is 0.603. The predicted molar refractivity (Wildman–Crippen MR) is 87.6 cm³/mol. The fourth-order valence-electron chi connectivity index (χ4n) is 2.12. The number of rotatable bonds is 4. The van der Waals surface area contributed by atoms with E-state index < -0.39 is 0 Å². The lowest BCUT2D eigenvalue weighted by Crippen LogP contribution is -2.02. The molecule has 1 aromatic carbocycles. The van der Waals surface area contributed by atoms with Crippen LogP contribution in [0.4, 0.5) is 5.95 Å². The molecule has 0 spiro atoms.